The van der Waals surface area contributed by atoms with E-state index >= 15 is 0 Å². The van der Waals surface area contributed by atoms with E-state index in [9.17, 15) is 0 Å². The highest BCUT2D eigenvalue weighted by Crippen LogP contribution is 2.17. The first-order valence-corrected chi connectivity index (χ1v) is 4.44. The number of hydrogen-bond donors (Lipinski definition) is 2. The highest BCUT2D eigenvalue weighted by atomic mass is 15.2. The van der Waals surface area contributed by atoms with Crippen LogP contribution < -0.4 is 5.73 Å². The van der Waals surface area contributed by atoms with Crippen molar-refractivity contribution in [2.45, 2.75) is 0 Å². The van der Waals surface area contributed by atoms with E-state index in [0.717, 1.165) is 17.0 Å². The Hall–Kier alpha value is -2.37. The van der Waals surface area contributed by atoms with Gasteiger partial charge in [0.15, 0.2) is 11.5 Å². The first-order chi connectivity index (χ1) is 7.34. The summed E-state index contributed by atoms with van der Waals surface area (Å²) in [7, 11) is 0. The minimum Gasteiger partial charge on any atom is -0.398 e. The minimum atomic E-state index is 0.673. The Kier molecular flexibility index (Phi) is 1.49. The van der Waals surface area contributed by atoms with Crippen molar-refractivity contribution in [1.29, 1.82) is 0 Å². The van der Waals surface area contributed by atoms with Crippen LogP contribution in [0.15, 0.2) is 30.7 Å². The van der Waals surface area contributed by atoms with Gasteiger partial charge in [0.1, 0.15) is 0 Å². The lowest BCUT2D eigenvalue weighted by Crippen LogP contribution is -1.92. The molecule has 0 aliphatic heterocycles. The molecule has 6 nitrogen and oxygen atoms in total. The Morgan fingerprint density at radius 2 is 2.20 bits per heavy atom. The van der Waals surface area contributed by atoms with Crippen LogP contribution in [0.1, 0.15) is 0 Å². The number of aromatic nitrogens is 5. The van der Waals surface area contributed by atoms with E-state index < -0.39 is 0 Å². The molecule has 0 fully saturated rings. The lowest BCUT2D eigenvalue weighted by Gasteiger charge is -1.97. The number of H-pyrrole nitrogens is 1. The average molecular weight is 200 g/mol. The van der Waals surface area contributed by atoms with Crippen LogP contribution in [0.25, 0.3) is 17.0 Å². The fraction of sp³-hybridized carbons (Fsp3) is 0. The summed E-state index contributed by atoms with van der Waals surface area (Å²) in [4.78, 5) is 0. The van der Waals surface area contributed by atoms with E-state index in [1.165, 1.54) is 0 Å². The minimum absolute atomic E-state index is 0.673. The predicted molar refractivity (Wildman–Crippen MR) is 55.0 cm³/mol. The molecule has 0 radical (unpaired) electrons. The van der Waals surface area contributed by atoms with E-state index in [-0.39, 0.29) is 0 Å². The first kappa shape index (κ1) is 7.98. The number of fused-ring (bicyclic) bond motifs is 1. The molecule has 74 valence electrons. The quantitative estimate of drug-likeness (QED) is 0.605. The van der Waals surface area contributed by atoms with Crippen LogP contribution >= 0.6 is 0 Å². The second-order valence-corrected chi connectivity index (χ2v) is 3.20. The van der Waals surface area contributed by atoms with Crippen LogP contribution in [0.4, 0.5) is 5.69 Å². The number of nitrogens with two attached hydrogens (primary N) is 1. The highest BCUT2D eigenvalue weighted by molar-refractivity contribution is 5.59. The van der Waals surface area contributed by atoms with Gasteiger partial charge in [-0.3, -0.25) is 9.50 Å². The van der Waals surface area contributed by atoms with Gasteiger partial charge in [-0.05, 0) is 12.1 Å². The topological polar surface area (TPSA) is 84.9 Å². The number of nitrogen functional groups attached to an aromatic ring is 1. The van der Waals surface area contributed by atoms with Crippen LogP contribution in [-0.4, -0.2) is 24.8 Å². The van der Waals surface area contributed by atoms with Crippen molar-refractivity contribution in [3.05, 3.63) is 30.7 Å². The van der Waals surface area contributed by atoms with Crippen LogP contribution in [0.2, 0.25) is 0 Å². The Morgan fingerprint density at radius 1 is 1.27 bits per heavy atom. The summed E-state index contributed by atoms with van der Waals surface area (Å²) in [6.45, 7) is 0. The molecule has 0 aliphatic carbocycles. The van der Waals surface area contributed by atoms with Gasteiger partial charge < -0.3 is 5.73 Å². The van der Waals surface area contributed by atoms with Crippen LogP contribution in [-0.2, 0) is 0 Å². The fourth-order valence-electron chi connectivity index (χ4n) is 1.48. The summed E-state index contributed by atoms with van der Waals surface area (Å²) < 4.78 is 1.83. The van der Waals surface area contributed by atoms with E-state index in [2.05, 4.69) is 20.4 Å². The molecule has 3 aromatic heterocycles. The standard InChI is InChI=1S/C9H8N6/c10-7-1-2-8-13-14-9(15(8)5-7)6-3-11-12-4-6/h1-5H,10H2,(H,11,12). The molecule has 0 aliphatic rings. The lowest BCUT2D eigenvalue weighted by atomic mass is 10.3. The second-order valence-electron chi connectivity index (χ2n) is 3.20. The number of aromatic amines is 1. The fourth-order valence-corrected chi connectivity index (χ4v) is 1.48. The summed E-state index contributed by atoms with van der Waals surface area (Å²) in [5.74, 6) is 0.728. The third-order valence-electron chi connectivity index (χ3n) is 2.18. The number of anilines is 1. The molecule has 6 heteroatoms. The maximum absolute atomic E-state index is 5.71. The number of rotatable bonds is 1. The number of nitrogens with one attached hydrogen (secondary N) is 1. The van der Waals surface area contributed by atoms with Gasteiger partial charge in [-0.25, -0.2) is 0 Å². The van der Waals surface area contributed by atoms with Gasteiger partial charge in [0.25, 0.3) is 0 Å². The second kappa shape index (κ2) is 2.81. The van der Waals surface area contributed by atoms with Crippen molar-refractivity contribution < 1.29 is 0 Å². The summed E-state index contributed by atoms with van der Waals surface area (Å²) in [6.07, 6.45) is 5.25. The molecule has 0 atom stereocenters. The van der Waals surface area contributed by atoms with Crippen LogP contribution in [0, 0.1) is 0 Å². The SMILES string of the molecule is Nc1ccc2nnc(-c3cn[nH]c3)n2c1. The maximum Gasteiger partial charge on any atom is 0.171 e. The van der Waals surface area contributed by atoms with Crippen LogP contribution in [0.5, 0.6) is 0 Å². The largest absolute Gasteiger partial charge is 0.398 e. The molecule has 3 N–H and O–H groups in total. The monoisotopic (exact) mass is 200 g/mol. The van der Waals surface area contributed by atoms with Crippen molar-refractivity contribution in [3.63, 3.8) is 0 Å². The molecule has 0 saturated heterocycles. The molecular formula is C9H8N6. The van der Waals surface area contributed by atoms with Crippen molar-refractivity contribution in [1.82, 2.24) is 24.8 Å². The molecule has 3 aromatic rings. The van der Waals surface area contributed by atoms with Crippen molar-refractivity contribution >= 4 is 11.3 Å². The van der Waals surface area contributed by atoms with Crippen molar-refractivity contribution in [3.8, 4) is 11.4 Å². The first-order valence-electron chi connectivity index (χ1n) is 4.44. The highest BCUT2D eigenvalue weighted by Gasteiger charge is 2.08. The summed E-state index contributed by atoms with van der Waals surface area (Å²) in [5, 5.41) is 14.7. The average Bonchev–Trinajstić information content (AvgIpc) is 2.83. The Labute approximate surface area is 84.8 Å². The van der Waals surface area contributed by atoms with Gasteiger partial charge >= 0.3 is 0 Å². The third kappa shape index (κ3) is 1.15. The smallest absolute Gasteiger partial charge is 0.171 e. The van der Waals surface area contributed by atoms with Gasteiger partial charge in [-0.15, -0.1) is 10.2 Å². The summed E-state index contributed by atoms with van der Waals surface area (Å²) in [6, 6.07) is 3.62. The molecule has 0 spiro atoms. The van der Waals surface area contributed by atoms with Crippen LogP contribution in [0.3, 0.4) is 0 Å². The molecule has 3 heterocycles. The van der Waals surface area contributed by atoms with E-state index in [4.69, 9.17) is 5.73 Å². The zero-order valence-electron chi connectivity index (χ0n) is 7.75. The van der Waals surface area contributed by atoms with Gasteiger partial charge in [0.05, 0.1) is 11.8 Å². The van der Waals surface area contributed by atoms with Crippen molar-refractivity contribution in [2.75, 3.05) is 5.73 Å². The summed E-state index contributed by atoms with van der Waals surface area (Å²) in [5.41, 5.74) is 8.03. The molecule has 0 bridgehead atoms. The Balaban J connectivity index is 2.32. The molecule has 3 rings (SSSR count). The van der Waals surface area contributed by atoms with Gasteiger partial charge in [0.2, 0.25) is 0 Å². The lowest BCUT2D eigenvalue weighted by molar-refractivity contribution is 1.09. The Morgan fingerprint density at radius 3 is 3.00 bits per heavy atom. The van der Waals surface area contributed by atoms with E-state index in [1.807, 2.05) is 10.5 Å². The van der Waals surface area contributed by atoms with Gasteiger partial charge in [-0.1, -0.05) is 0 Å². The molecule has 0 unspecified atom stereocenters. The number of nitrogens with zero attached hydrogens (tertiary/aromatic N) is 4. The normalized spacial score (nSPS) is 10.9. The molecular weight excluding hydrogens is 192 g/mol. The predicted octanol–water partition coefficient (Wildman–Crippen LogP) is 0.702. The molecule has 0 saturated carbocycles. The van der Waals surface area contributed by atoms with E-state index in [1.54, 1.807) is 24.7 Å². The number of pyridine rings is 1. The summed E-state index contributed by atoms with van der Waals surface area (Å²) >= 11 is 0. The number of hydrogen-bond acceptors (Lipinski definition) is 4. The molecule has 0 aromatic carbocycles. The van der Waals surface area contributed by atoms with Gasteiger partial charge in [-0.2, -0.15) is 5.10 Å². The third-order valence-corrected chi connectivity index (χ3v) is 2.18. The zero-order valence-corrected chi connectivity index (χ0v) is 7.75. The van der Waals surface area contributed by atoms with Gasteiger partial charge in [0, 0.05) is 18.1 Å². The molecule has 15 heavy (non-hydrogen) atoms. The maximum atomic E-state index is 5.71. The Bertz CT molecular complexity index is 594. The van der Waals surface area contributed by atoms with Crippen molar-refractivity contribution in [2.24, 2.45) is 0 Å². The van der Waals surface area contributed by atoms with E-state index in [0.29, 0.717) is 5.69 Å². The zero-order chi connectivity index (χ0) is 10.3. The molecule has 0 amide bonds.